The van der Waals surface area contributed by atoms with E-state index < -0.39 is 0 Å². The van der Waals surface area contributed by atoms with Crippen molar-refractivity contribution in [3.05, 3.63) is 59.6 Å². The van der Waals surface area contributed by atoms with Gasteiger partial charge in [0.2, 0.25) is 0 Å². The highest BCUT2D eigenvalue weighted by molar-refractivity contribution is 7.13. The molecule has 1 N–H and O–H groups in total. The lowest BCUT2D eigenvalue weighted by atomic mass is 10.1. The molecule has 0 saturated heterocycles. The maximum atomic E-state index is 12.4. The van der Waals surface area contributed by atoms with E-state index in [1.165, 1.54) is 11.3 Å². The molecule has 0 bridgehead atoms. The number of rotatable bonds is 2. The van der Waals surface area contributed by atoms with Crippen LogP contribution in [0.3, 0.4) is 0 Å². The molecule has 0 fully saturated rings. The number of hydrogen-bond acceptors (Lipinski definition) is 5. The maximum absolute atomic E-state index is 12.4. The lowest BCUT2D eigenvalue weighted by Crippen LogP contribution is -2.12. The average molecular weight is 306 g/mol. The molecule has 0 aliphatic carbocycles. The van der Waals surface area contributed by atoms with E-state index in [9.17, 15) is 4.79 Å². The Bertz CT molecular complexity index is 982. The quantitative estimate of drug-likeness (QED) is 0.576. The number of carbonyl (C=O) groups excluding carboxylic acids is 1. The standard InChI is InChI=1S/C16H10N4OS/c21-15(20-16-17-8-9-22-16)10-4-3-7-13-14(10)19-12-6-2-1-5-11(12)18-13/h1-9H,(H,17,20,21). The highest BCUT2D eigenvalue weighted by atomic mass is 32.1. The molecule has 6 heteroatoms. The van der Waals surface area contributed by atoms with E-state index in [4.69, 9.17) is 0 Å². The second-order valence-corrected chi connectivity index (χ2v) is 5.57. The predicted molar refractivity (Wildman–Crippen MR) is 87.1 cm³/mol. The first-order valence-electron chi connectivity index (χ1n) is 6.67. The van der Waals surface area contributed by atoms with Crippen molar-refractivity contribution >= 4 is 44.4 Å². The molecule has 2 aromatic carbocycles. The van der Waals surface area contributed by atoms with Crippen LogP contribution in [0.15, 0.2) is 54.0 Å². The van der Waals surface area contributed by atoms with E-state index in [0.717, 1.165) is 11.0 Å². The molecule has 106 valence electrons. The number of hydrogen-bond donors (Lipinski definition) is 1. The first-order chi connectivity index (χ1) is 10.8. The molecule has 1 amide bonds. The molecule has 5 nitrogen and oxygen atoms in total. The van der Waals surface area contributed by atoms with Gasteiger partial charge in [-0.05, 0) is 24.3 Å². The molecule has 0 aliphatic heterocycles. The Labute approximate surface area is 129 Å². The van der Waals surface area contributed by atoms with E-state index in [1.54, 1.807) is 12.3 Å². The fourth-order valence-electron chi connectivity index (χ4n) is 2.28. The van der Waals surface area contributed by atoms with E-state index in [0.29, 0.717) is 21.7 Å². The Balaban J connectivity index is 1.86. The van der Waals surface area contributed by atoms with Gasteiger partial charge in [-0.2, -0.15) is 0 Å². The van der Waals surface area contributed by atoms with Crippen molar-refractivity contribution in [3.63, 3.8) is 0 Å². The van der Waals surface area contributed by atoms with Gasteiger partial charge in [-0.3, -0.25) is 10.1 Å². The van der Waals surface area contributed by atoms with Crippen molar-refractivity contribution in [3.8, 4) is 0 Å². The van der Waals surface area contributed by atoms with Gasteiger partial charge in [-0.1, -0.05) is 18.2 Å². The van der Waals surface area contributed by atoms with Gasteiger partial charge in [-0.25, -0.2) is 15.0 Å². The number of benzene rings is 2. The third-order valence-corrected chi connectivity index (χ3v) is 3.96. The number of aromatic nitrogens is 3. The number of anilines is 1. The monoisotopic (exact) mass is 306 g/mol. The zero-order valence-corrected chi connectivity index (χ0v) is 12.2. The van der Waals surface area contributed by atoms with Crippen molar-refractivity contribution < 1.29 is 4.79 Å². The third-order valence-electron chi connectivity index (χ3n) is 3.27. The van der Waals surface area contributed by atoms with Crippen LogP contribution in [0, 0.1) is 0 Å². The Morgan fingerprint density at radius 1 is 0.955 bits per heavy atom. The van der Waals surface area contributed by atoms with E-state index in [1.807, 2.05) is 41.8 Å². The zero-order chi connectivity index (χ0) is 14.9. The van der Waals surface area contributed by atoms with Crippen LogP contribution in [0.4, 0.5) is 5.13 Å². The molecule has 0 atom stereocenters. The second-order valence-electron chi connectivity index (χ2n) is 4.68. The van der Waals surface area contributed by atoms with Crippen molar-refractivity contribution in [2.45, 2.75) is 0 Å². The van der Waals surface area contributed by atoms with E-state index in [-0.39, 0.29) is 5.91 Å². The molecule has 4 aromatic rings. The SMILES string of the molecule is O=C(Nc1nccs1)c1cccc2nc3ccccc3nc12. The zero-order valence-electron chi connectivity index (χ0n) is 11.4. The maximum Gasteiger partial charge on any atom is 0.259 e. The van der Waals surface area contributed by atoms with E-state index in [2.05, 4.69) is 20.3 Å². The predicted octanol–water partition coefficient (Wildman–Crippen LogP) is 3.49. The molecular formula is C16H10N4OS. The van der Waals surface area contributed by atoms with Gasteiger partial charge in [0.1, 0.15) is 5.52 Å². The fraction of sp³-hybridized carbons (Fsp3) is 0. The molecular weight excluding hydrogens is 296 g/mol. The average Bonchev–Trinajstić information content (AvgIpc) is 3.05. The van der Waals surface area contributed by atoms with Crippen LogP contribution in [-0.4, -0.2) is 20.9 Å². The number of fused-ring (bicyclic) bond motifs is 2. The second kappa shape index (κ2) is 5.16. The molecule has 2 heterocycles. The minimum absolute atomic E-state index is 0.231. The summed E-state index contributed by atoms with van der Waals surface area (Å²) in [7, 11) is 0. The summed E-state index contributed by atoms with van der Waals surface area (Å²) < 4.78 is 0. The number of thiazole rings is 1. The summed E-state index contributed by atoms with van der Waals surface area (Å²) in [5.41, 5.74) is 3.36. The highest BCUT2D eigenvalue weighted by Crippen LogP contribution is 2.21. The van der Waals surface area contributed by atoms with Gasteiger partial charge in [0, 0.05) is 11.6 Å². The van der Waals surface area contributed by atoms with Crippen molar-refractivity contribution in [1.29, 1.82) is 0 Å². The summed E-state index contributed by atoms with van der Waals surface area (Å²) in [6.45, 7) is 0. The topological polar surface area (TPSA) is 67.8 Å². The lowest BCUT2D eigenvalue weighted by molar-refractivity contribution is 0.102. The summed E-state index contributed by atoms with van der Waals surface area (Å²) >= 11 is 1.37. The summed E-state index contributed by atoms with van der Waals surface area (Å²) in [6, 6.07) is 13.0. The number of amides is 1. The minimum Gasteiger partial charge on any atom is -0.298 e. The Hall–Kier alpha value is -2.86. The van der Waals surface area contributed by atoms with E-state index >= 15 is 0 Å². The van der Waals surface area contributed by atoms with Gasteiger partial charge >= 0.3 is 0 Å². The summed E-state index contributed by atoms with van der Waals surface area (Å²) in [5, 5.41) is 5.16. The van der Waals surface area contributed by atoms with Gasteiger partial charge < -0.3 is 0 Å². The normalized spacial score (nSPS) is 10.9. The van der Waals surface area contributed by atoms with Crippen molar-refractivity contribution in [1.82, 2.24) is 15.0 Å². The Morgan fingerprint density at radius 2 is 1.73 bits per heavy atom. The van der Waals surface area contributed by atoms with Crippen LogP contribution >= 0.6 is 11.3 Å². The number of carbonyl (C=O) groups is 1. The highest BCUT2D eigenvalue weighted by Gasteiger charge is 2.13. The fourth-order valence-corrected chi connectivity index (χ4v) is 2.80. The van der Waals surface area contributed by atoms with Crippen LogP contribution in [0.5, 0.6) is 0 Å². The molecule has 0 radical (unpaired) electrons. The lowest BCUT2D eigenvalue weighted by Gasteiger charge is -2.06. The molecule has 0 spiro atoms. The van der Waals surface area contributed by atoms with Crippen molar-refractivity contribution in [2.24, 2.45) is 0 Å². The number of nitrogens with zero attached hydrogens (tertiary/aromatic N) is 3. The number of nitrogens with one attached hydrogen (secondary N) is 1. The minimum atomic E-state index is -0.231. The third kappa shape index (κ3) is 2.19. The number of para-hydroxylation sites is 3. The van der Waals surface area contributed by atoms with Gasteiger partial charge in [0.25, 0.3) is 5.91 Å². The van der Waals surface area contributed by atoms with Gasteiger partial charge in [0.05, 0.1) is 22.1 Å². The summed E-state index contributed by atoms with van der Waals surface area (Å²) in [6.07, 6.45) is 1.65. The Kier molecular flexibility index (Phi) is 3.01. The first kappa shape index (κ1) is 12.8. The molecule has 0 unspecified atom stereocenters. The van der Waals surface area contributed by atoms with Crippen LogP contribution in [0.25, 0.3) is 22.1 Å². The Morgan fingerprint density at radius 3 is 2.50 bits per heavy atom. The molecule has 0 saturated carbocycles. The van der Waals surface area contributed by atoms with Gasteiger partial charge in [-0.15, -0.1) is 11.3 Å². The molecule has 4 rings (SSSR count). The van der Waals surface area contributed by atoms with Crippen LogP contribution in [-0.2, 0) is 0 Å². The van der Waals surface area contributed by atoms with Gasteiger partial charge in [0.15, 0.2) is 5.13 Å². The van der Waals surface area contributed by atoms with Crippen molar-refractivity contribution in [2.75, 3.05) is 5.32 Å². The molecule has 0 aliphatic rings. The van der Waals surface area contributed by atoms with Crippen LogP contribution in [0.1, 0.15) is 10.4 Å². The summed E-state index contributed by atoms with van der Waals surface area (Å²) in [5.74, 6) is -0.231. The molecule has 2 aromatic heterocycles. The largest absolute Gasteiger partial charge is 0.298 e. The smallest absolute Gasteiger partial charge is 0.259 e. The van der Waals surface area contributed by atoms with Crippen LogP contribution < -0.4 is 5.32 Å². The molecule has 22 heavy (non-hydrogen) atoms. The summed E-state index contributed by atoms with van der Waals surface area (Å²) in [4.78, 5) is 25.7. The first-order valence-corrected chi connectivity index (χ1v) is 7.55. The van der Waals surface area contributed by atoms with Crippen LogP contribution in [0.2, 0.25) is 0 Å².